The van der Waals surface area contributed by atoms with Crippen molar-refractivity contribution in [2.75, 3.05) is 6.61 Å². The molecule has 4 aliphatic rings. The summed E-state index contributed by atoms with van der Waals surface area (Å²) in [5.41, 5.74) is 2.52. The maximum atomic E-state index is 13.5. The van der Waals surface area contributed by atoms with Gasteiger partial charge in [0.1, 0.15) is 0 Å². The fraction of sp³-hybridized carbons (Fsp3) is 0.682. The minimum atomic E-state index is -4.16. The molecule has 0 aliphatic heterocycles. The zero-order valence-corrected chi connectivity index (χ0v) is 17.6. The van der Waals surface area contributed by atoms with Gasteiger partial charge in [0.2, 0.25) is 0 Å². The number of benzene rings is 1. The third-order valence-electron chi connectivity index (χ3n) is 7.18. The van der Waals surface area contributed by atoms with E-state index in [2.05, 4.69) is 53.3 Å². The normalized spacial score (nSPS) is 33.1. The number of thiol groups is 1. The lowest BCUT2D eigenvalue weighted by molar-refractivity contribution is -0.369. The number of carbonyl (C=O) groups excluding carboxylic acids is 1. The SMILES string of the molecule is CCCc1ccc(C23CC4CC(CC(COC(=O)C(F)(F)OOS)(C4)C2)C3)cc1. The molecule has 160 valence electrons. The largest absolute Gasteiger partial charge is 0.483 e. The first-order valence-electron chi connectivity index (χ1n) is 10.4. The first-order valence-corrected chi connectivity index (χ1v) is 10.8. The highest BCUT2D eigenvalue weighted by Crippen LogP contribution is 2.65. The average molecular weight is 427 g/mol. The van der Waals surface area contributed by atoms with E-state index in [0.717, 1.165) is 44.9 Å². The van der Waals surface area contributed by atoms with E-state index in [9.17, 15) is 13.6 Å². The topological polar surface area (TPSA) is 44.8 Å². The van der Waals surface area contributed by atoms with Crippen molar-refractivity contribution in [2.24, 2.45) is 17.3 Å². The molecule has 4 aliphatic carbocycles. The van der Waals surface area contributed by atoms with Crippen molar-refractivity contribution in [1.29, 1.82) is 0 Å². The molecule has 0 spiro atoms. The van der Waals surface area contributed by atoms with Crippen LogP contribution in [0.4, 0.5) is 8.78 Å². The number of hydrogen-bond acceptors (Lipinski definition) is 5. The summed E-state index contributed by atoms with van der Waals surface area (Å²) in [5, 5.41) is 0. The first-order chi connectivity index (χ1) is 13.8. The molecule has 0 aromatic heterocycles. The number of ether oxygens (including phenoxy) is 1. The summed E-state index contributed by atoms with van der Waals surface area (Å²) in [4.78, 5) is 15.4. The quantitative estimate of drug-likeness (QED) is 0.199. The Kier molecular flexibility index (Phi) is 5.68. The standard InChI is InChI=1S/C22H28F2O4S/c1-2-3-15-4-6-18(7-5-15)21-11-16-8-17(12-21)10-20(9-16,13-21)14-26-19(25)22(23,24)27-28-29/h4-7,16-17,29H,2-3,8-14H2,1H3. The van der Waals surface area contributed by atoms with Crippen molar-refractivity contribution in [3.05, 3.63) is 35.4 Å². The Hall–Kier alpha value is -1.18. The minimum Gasteiger partial charge on any atom is -0.459 e. The first kappa shape index (κ1) is 21.1. The van der Waals surface area contributed by atoms with Crippen LogP contribution in [0.5, 0.6) is 0 Å². The zero-order chi connectivity index (χ0) is 20.7. The molecular weight excluding hydrogens is 398 g/mol. The van der Waals surface area contributed by atoms with Crippen molar-refractivity contribution in [1.82, 2.24) is 0 Å². The second kappa shape index (κ2) is 7.82. The molecule has 2 atom stereocenters. The highest BCUT2D eigenvalue weighted by atomic mass is 32.1. The fourth-order valence-corrected chi connectivity index (χ4v) is 6.75. The monoisotopic (exact) mass is 426 g/mol. The number of alkyl halides is 2. The number of carbonyl (C=O) groups is 1. The molecule has 0 amide bonds. The van der Waals surface area contributed by atoms with Gasteiger partial charge in [0.15, 0.2) is 0 Å². The van der Waals surface area contributed by atoms with Gasteiger partial charge in [-0.15, -0.1) is 4.89 Å². The lowest BCUT2D eigenvalue weighted by Crippen LogP contribution is -2.56. The fourth-order valence-electron chi connectivity index (χ4n) is 6.66. The van der Waals surface area contributed by atoms with Gasteiger partial charge in [-0.25, -0.2) is 4.79 Å². The third kappa shape index (κ3) is 4.06. The zero-order valence-electron chi connectivity index (χ0n) is 16.7. The lowest BCUT2D eigenvalue weighted by atomic mass is 9.43. The number of esters is 1. The summed E-state index contributed by atoms with van der Waals surface area (Å²) >= 11 is 3.11. The van der Waals surface area contributed by atoms with E-state index in [1.807, 2.05) is 0 Å². The van der Waals surface area contributed by atoms with Crippen LogP contribution in [-0.4, -0.2) is 18.7 Å². The van der Waals surface area contributed by atoms with Crippen LogP contribution in [-0.2, 0) is 30.6 Å². The Morgan fingerprint density at radius 2 is 1.83 bits per heavy atom. The number of halogens is 2. The molecule has 5 rings (SSSR count). The molecule has 0 heterocycles. The van der Waals surface area contributed by atoms with Crippen LogP contribution in [0.1, 0.15) is 63.0 Å². The van der Waals surface area contributed by atoms with E-state index in [0.29, 0.717) is 11.8 Å². The molecule has 4 fully saturated rings. The van der Waals surface area contributed by atoms with Crippen molar-refractivity contribution in [2.45, 2.75) is 69.8 Å². The van der Waals surface area contributed by atoms with Gasteiger partial charge in [-0.2, -0.15) is 13.1 Å². The van der Waals surface area contributed by atoms with Crippen LogP contribution in [0, 0.1) is 17.3 Å². The van der Waals surface area contributed by atoms with Gasteiger partial charge < -0.3 is 4.74 Å². The molecule has 7 heteroatoms. The molecule has 29 heavy (non-hydrogen) atoms. The highest BCUT2D eigenvalue weighted by Gasteiger charge is 2.59. The van der Waals surface area contributed by atoms with Crippen LogP contribution < -0.4 is 0 Å². The van der Waals surface area contributed by atoms with Crippen molar-refractivity contribution >= 4 is 18.9 Å². The molecule has 0 saturated heterocycles. The summed E-state index contributed by atoms with van der Waals surface area (Å²) in [6, 6.07) is 8.95. The van der Waals surface area contributed by atoms with Gasteiger partial charge >= 0.3 is 12.1 Å². The maximum Gasteiger partial charge on any atom is 0.483 e. The predicted molar refractivity (Wildman–Crippen MR) is 106 cm³/mol. The van der Waals surface area contributed by atoms with Crippen LogP contribution in [0.2, 0.25) is 0 Å². The van der Waals surface area contributed by atoms with E-state index in [-0.39, 0.29) is 17.4 Å². The summed E-state index contributed by atoms with van der Waals surface area (Å²) in [7, 11) is 0. The second-order valence-corrected chi connectivity index (χ2v) is 9.59. The second-order valence-electron chi connectivity index (χ2n) is 9.44. The number of aryl methyl sites for hydroxylation is 1. The molecule has 2 unspecified atom stereocenters. The molecule has 4 saturated carbocycles. The predicted octanol–water partition coefficient (Wildman–Crippen LogP) is 5.41. The Bertz CT molecular complexity index is 738. The van der Waals surface area contributed by atoms with Gasteiger partial charge in [0, 0.05) is 18.3 Å². The van der Waals surface area contributed by atoms with Gasteiger partial charge in [0.25, 0.3) is 0 Å². The smallest absolute Gasteiger partial charge is 0.459 e. The molecule has 1 aromatic rings. The highest BCUT2D eigenvalue weighted by molar-refractivity contribution is 7.74. The Balaban J connectivity index is 1.52. The van der Waals surface area contributed by atoms with Gasteiger partial charge in [0.05, 0.1) is 6.61 Å². The van der Waals surface area contributed by atoms with Gasteiger partial charge in [-0.05, 0) is 73.3 Å². The molecule has 1 aromatic carbocycles. The summed E-state index contributed by atoms with van der Waals surface area (Å²) < 4.78 is 35.8. The van der Waals surface area contributed by atoms with Crippen LogP contribution in [0.15, 0.2) is 24.3 Å². The van der Waals surface area contributed by atoms with E-state index in [1.54, 1.807) is 0 Å². The van der Waals surface area contributed by atoms with E-state index in [4.69, 9.17) is 4.74 Å². The maximum absolute atomic E-state index is 13.5. The Labute approximate surface area is 175 Å². The summed E-state index contributed by atoms with van der Waals surface area (Å²) in [6.07, 6.45) is 4.25. The van der Waals surface area contributed by atoms with Gasteiger partial charge in [-0.1, -0.05) is 37.6 Å². The summed E-state index contributed by atoms with van der Waals surface area (Å²) in [5.74, 6) is -0.606. The molecular formula is C22H28F2O4S. The van der Waals surface area contributed by atoms with Crippen LogP contribution in [0.3, 0.4) is 0 Å². The third-order valence-corrected chi connectivity index (χ3v) is 7.25. The Morgan fingerprint density at radius 1 is 1.17 bits per heavy atom. The average Bonchev–Trinajstić information content (AvgIpc) is 2.66. The molecule has 0 N–H and O–H groups in total. The van der Waals surface area contributed by atoms with Crippen molar-refractivity contribution < 1.29 is 27.5 Å². The van der Waals surface area contributed by atoms with Crippen molar-refractivity contribution in [3.8, 4) is 0 Å². The Morgan fingerprint density at radius 3 is 2.41 bits per heavy atom. The molecule has 4 bridgehead atoms. The van der Waals surface area contributed by atoms with E-state index >= 15 is 0 Å². The number of hydrogen-bond donors (Lipinski definition) is 1. The number of rotatable bonds is 8. The van der Waals surface area contributed by atoms with Crippen LogP contribution >= 0.6 is 12.9 Å². The molecule has 0 radical (unpaired) electrons. The van der Waals surface area contributed by atoms with E-state index in [1.165, 1.54) is 17.5 Å². The van der Waals surface area contributed by atoms with Crippen molar-refractivity contribution in [3.63, 3.8) is 0 Å². The molecule has 4 nitrogen and oxygen atoms in total. The lowest BCUT2D eigenvalue weighted by Gasteiger charge is -2.62. The van der Waals surface area contributed by atoms with Crippen LogP contribution in [0.25, 0.3) is 0 Å². The van der Waals surface area contributed by atoms with E-state index < -0.39 is 12.1 Å². The minimum absolute atomic E-state index is 0.0000229. The van der Waals surface area contributed by atoms with Gasteiger partial charge in [-0.3, -0.25) is 0 Å². The summed E-state index contributed by atoms with van der Waals surface area (Å²) in [6.45, 7) is 2.18.